The molecule has 18 heavy (non-hydrogen) atoms. The first-order chi connectivity index (χ1) is 8.81. The highest BCUT2D eigenvalue weighted by Crippen LogP contribution is 2.28. The highest BCUT2D eigenvalue weighted by atomic mass is 16.5. The molecule has 0 heterocycles. The molecule has 0 aliphatic heterocycles. The summed E-state index contributed by atoms with van der Waals surface area (Å²) in [5.74, 6) is 1.92. The van der Waals surface area contributed by atoms with E-state index in [9.17, 15) is 0 Å². The van der Waals surface area contributed by atoms with Crippen LogP contribution in [0.2, 0.25) is 0 Å². The van der Waals surface area contributed by atoms with Crippen LogP contribution in [-0.4, -0.2) is 12.6 Å². The van der Waals surface area contributed by atoms with Gasteiger partial charge in [-0.1, -0.05) is 25.5 Å². The van der Waals surface area contributed by atoms with E-state index in [0.29, 0.717) is 6.04 Å². The van der Waals surface area contributed by atoms with Gasteiger partial charge in [0.05, 0.1) is 6.61 Å². The number of hydrogen-bond donors (Lipinski definition) is 1. The molecule has 2 nitrogen and oxygen atoms in total. The number of rotatable bonds is 6. The third-order valence-electron chi connectivity index (χ3n) is 3.92. The molecule has 1 fully saturated rings. The van der Waals surface area contributed by atoms with Crippen molar-refractivity contribution < 1.29 is 4.74 Å². The van der Waals surface area contributed by atoms with Crippen molar-refractivity contribution in [3.8, 4) is 5.75 Å². The summed E-state index contributed by atoms with van der Waals surface area (Å²) in [7, 11) is 0. The van der Waals surface area contributed by atoms with Gasteiger partial charge in [0.15, 0.2) is 0 Å². The fraction of sp³-hybridized carbons (Fsp3) is 0.625. The number of nitrogens with one attached hydrogen (secondary N) is 1. The molecular weight excluding hydrogens is 222 g/mol. The summed E-state index contributed by atoms with van der Waals surface area (Å²) in [6, 6.07) is 9.12. The molecule has 0 amide bonds. The lowest BCUT2D eigenvalue weighted by atomic mass is 10.1. The predicted octanol–water partition coefficient (Wildman–Crippen LogP) is 3.75. The topological polar surface area (TPSA) is 21.3 Å². The quantitative estimate of drug-likeness (QED) is 0.826. The van der Waals surface area contributed by atoms with Gasteiger partial charge in [0.25, 0.3) is 0 Å². The molecule has 100 valence electrons. The van der Waals surface area contributed by atoms with Gasteiger partial charge in [-0.15, -0.1) is 0 Å². The second kappa shape index (κ2) is 6.79. The first-order valence-corrected chi connectivity index (χ1v) is 7.27. The Balaban J connectivity index is 1.81. The average Bonchev–Trinajstić information content (AvgIpc) is 2.85. The van der Waals surface area contributed by atoms with E-state index < -0.39 is 0 Å². The maximum Gasteiger partial charge on any atom is 0.119 e. The van der Waals surface area contributed by atoms with Gasteiger partial charge in [0.1, 0.15) is 5.75 Å². The van der Waals surface area contributed by atoms with Crippen molar-refractivity contribution in [3.63, 3.8) is 0 Å². The lowest BCUT2D eigenvalue weighted by Crippen LogP contribution is -2.25. The largest absolute Gasteiger partial charge is 0.494 e. The molecule has 0 radical (unpaired) electrons. The van der Waals surface area contributed by atoms with Crippen LogP contribution in [-0.2, 0) is 6.54 Å². The minimum Gasteiger partial charge on any atom is -0.494 e. The van der Waals surface area contributed by atoms with E-state index in [4.69, 9.17) is 4.74 Å². The molecule has 2 atom stereocenters. The monoisotopic (exact) mass is 247 g/mol. The fourth-order valence-corrected chi connectivity index (χ4v) is 2.81. The summed E-state index contributed by atoms with van der Waals surface area (Å²) in [6.07, 6.45) is 5.41. The van der Waals surface area contributed by atoms with Crippen LogP contribution in [0.3, 0.4) is 0 Å². The molecular formula is C16H25NO. The van der Waals surface area contributed by atoms with Gasteiger partial charge in [-0.05, 0) is 49.8 Å². The Morgan fingerprint density at radius 3 is 2.89 bits per heavy atom. The van der Waals surface area contributed by atoms with Crippen molar-refractivity contribution in [1.82, 2.24) is 5.32 Å². The molecule has 0 aromatic heterocycles. The van der Waals surface area contributed by atoms with Crippen molar-refractivity contribution in [2.75, 3.05) is 6.61 Å². The molecule has 1 aromatic carbocycles. The molecule has 2 heteroatoms. The van der Waals surface area contributed by atoms with Gasteiger partial charge in [0.2, 0.25) is 0 Å². The molecule has 1 saturated carbocycles. The predicted molar refractivity (Wildman–Crippen MR) is 75.9 cm³/mol. The van der Waals surface area contributed by atoms with E-state index in [1.165, 1.54) is 31.2 Å². The van der Waals surface area contributed by atoms with Crippen LogP contribution in [0.1, 0.15) is 45.1 Å². The summed E-state index contributed by atoms with van der Waals surface area (Å²) in [6.45, 7) is 6.02. The zero-order chi connectivity index (χ0) is 12.8. The Morgan fingerprint density at radius 2 is 2.17 bits per heavy atom. The number of hydrogen-bond acceptors (Lipinski definition) is 2. The number of benzene rings is 1. The zero-order valence-electron chi connectivity index (χ0n) is 11.6. The summed E-state index contributed by atoms with van der Waals surface area (Å²) in [5.41, 5.74) is 1.32. The minimum atomic E-state index is 0.714. The second-order valence-electron chi connectivity index (χ2n) is 5.25. The average molecular weight is 247 g/mol. The van der Waals surface area contributed by atoms with Gasteiger partial charge in [-0.25, -0.2) is 0 Å². The van der Waals surface area contributed by atoms with E-state index in [-0.39, 0.29) is 0 Å². The summed E-state index contributed by atoms with van der Waals surface area (Å²) in [5, 5.41) is 3.68. The Kier molecular flexibility index (Phi) is 5.06. The minimum absolute atomic E-state index is 0.714. The first kappa shape index (κ1) is 13.4. The van der Waals surface area contributed by atoms with Crippen molar-refractivity contribution >= 4 is 0 Å². The van der Waals surface area contributed by atoms with Crippen LogP contribution in [0, 0.1) is 5.92 Å². The highest BCUT2D eigenvalue weighted by Gasteiger charge is 2.22. The molecule has 1 N–H and O–H groups in total. The Hall–Kier alpha value is -1.02. The summed E-state index contributed by atoms with van der Waals surface area (Å²) >= 11 is 0. The first-order valence-electron chi connectivity index (χ1n) is 7.27. The molecule has 1 aliphatic carbocycles. The SMILES string of the molecule is CCOc1cccc(CNC2CCC(CC)C2)c1. The van der Waals surface area contributed by atoms with Crippen LogP contribution in [0.25, 0.3) is 0 Å². The van der Waals surface area contributed by atoms with Gasteiger partial charge >= 0.3 is 0 Å². The smallest absolute Gasteiger partial charge is 0.119 e. The molecule has 1 aromatic rings. The van der Waals surface area contributed by atoms with Gasteiger partial charge in [0, 0.05) is 12.6 Å². The molecule has 0 spiro atoms. The highest BCUT2D eigenvalue weighted by molar-refractivity contribution is 5.28. The lowest BCUT2D eigenvalue weighted by Gasteiger charge is -2.13. The normalized spacial score (nSPS) is 23.2. The molecule has 0 saturated heterocycles. The molecule has 2 rings (SSSR count). The third kappa shape index (κ3) is 3.74. The molecule has 1 aliphatic rings. The summed E-state index contributed by atoms with van der Waals surface area (Å²) in [4.78, 5) is 0. The van der Waals surface area contributed by atoms with Crippen molar-refractivity contribution in [1.29, 1.82) is 0 Å². The van der Waals surface area contributed by atoms with Crippen molar-refractivity contribution in [3.05, 3.63) is 29.8 Å². The lowest BCUT2D eigenvalue weighted by molar-refractivity contribution is 0.339. The molecule has 2 unspecified atom stereocenters. The van der Waals surface area contributed by atoms with E-state index in [1.807, 2.05) is 13.0 Å². The van der Waals surface area contributed by atoms with Gasteiger partial charge < -0.3 is 10.1 Å². The van der Waals surface area contributed by atoms with E-state index >= 15 is 0 Å². The Bertz CT molecular complexity index is 364. The fourth-order valence-electron chi connectivity index (χ4n) is 2.81. The Labute approximate surface area is 111 Å². The Morgan fingerprint density at radius 1 is 1.28 bits per heavy atom. The standard InChI is InChI=1S/C16H25NO/c1-3-13-8-9-15(10-13)17-12-14-6-5-7-16(11-14)18-4-2/h5-7,11,13,15,17H,3-4,8-10,12H2,1-2H3. The van der Waals surface area contributed by atoms with Crippen LogP contribution in [0.4, 0.5) is 0 Å². The van der Waals surface area contributed by atoms with E-state index in [0.717, 1.165) is 24.8 Å². The molecule has 0 bridgehead atoms. The zero-order valence-corrected chi connectivity index (χ0v) is 11.6. The summed E-state index contributed by atoms with van der Waals surface area (Å²) < 4.78 is 5.52. The van der Waals surface area contributed by atoms with E-state index in [1.54, 1.807) is 0 Å². The van der Waals surface area contributed by atoms with Crippen LogP contribution < -0.4 is 10.1 Å². The second-order valence-corrected chi connectivity index (χ2v) is 5.25. The van der Waals surface area contributed by atoms with Gasteiger partial charge in [-0.2, -0.15) is 0 Å². The third-order valence-corrected chi connectivity index (χ3v) is 3.92. The number of ether oxygens (including phenoxy) is 1. The van der Waals surface area contributed by atoms with Crippen LogP contribution >= 0.6 is 0 Å². The van der Waals surface area contributed by atoms with Gasteiger partial charge in [-0.3, -0.25) is 0 Å². The van der Waals surface area contributed by atoms with Crippen molar-refractivity contribution in [2.24, 2.45) is 5.92 Å². The maximum absolute atomic E-state index is 5.52. The van der Waals surface area contributed by atoms with E-state index in [2.05, 4.69) is 30.4 Å². The van der Waals surface area contributed by atoms with Crippen LogP contribution in [0.5, 0.6) is 5.75 Å². The van der Waals surface area contributed by atoms with Crippen molar-refractivity contribution in [2.45, 2.75) is 52.1 Å². The maximum atomic E-state index is 5.52. The van der Waals surface area contributed by atoms with Crippen LogP contribution in [0.15, 0.2) is 24.3 Å².